The molecular weight excluding hydrogens is 444 g/mol. The molecule has 35 heavy (non-hydrogen) atoms. The number of hydrogen-bond donors (Lipinski definition) is 2. The fourth-order valence-electron chi connectivity index (χ4n) is 4.69. The van der Waals surface area contributed by atoms with Crippen LogP contribution in [0.1, 0.15) is 44.2 Å². The van der Waals surface area contributed by atoms with Gasteiger partial charge in [-0.25, -0.2) is 9.67 Å². The zero-order valence-electron chi connectivity index (χ0n) is 20.0. The summed E-state index contributed by atoms with van der Waals surface area (Å²) in [7, 11) is 1.63. The van der Waals surface area contributed by atoms with Crippen LogP contribution in [-0.4, -0.2) is 42.3 Å². The first kappa shape index (κ1) is 23.0. The van der Waals surface area contributed by atoms with E-state index in [4.69, 9.17) is 9.84 Å². The molecule has 0 radical (unpaired) electrons. The Morgan fingerprint density at radius 3 is 2.54 bits per heavy atom. The molecule has 5 rings (SSSR count). The molecule has 9 nitrogen and oxygen atoms in total. The molecular formula is C26H30N6O3. The van der Waals surface area contributed by atoms with Crippen LogP contribution in [0.2, 0.25) is 0 Å². The Labute approximate surface area is 203 Å². The van der Waals surface area contributed by atoms with Crippen LogP contribution in [0.5, 0.6) is 5.88 Å². The van der Waals surface area contributed by atoms with Crippen LogP contribution in [0.25, 0.3) is 22.2 Å². The molecule has 0 unspecified atom stereocenters. The molecule has 182 valence electrons. The van der Waals surface area contributed by atoms with Crippen LogP contribution in [0.3, 0.4) is 0 Å². The maximum Gasteiger partial charge on any atom is 0.266 e. The minimum atomic E-state index is -0.153. The van der Waals surface area contributed by atoms with Crippen LogP contribution in [-0.2, 0) is 13.7 Å². The quantitative estimate of drug-likeness (QED) is 0.421. The van der Waals surface area contributed by atoms with Gasteiger partial charge < -0.3 is 15.2 Å². The van der Waals surface area contributed by atoms with Gasteiger partial charge in [-0.1, -0.05) is 24.3 Å². The molecule has 2 N–H and O–H groups in total. The lowest BCUT2D eigenvalue weighted by molar-refractivity contribution is 0.123. The third kappa shape index (κ3) is 4.77. The number of rotatable bonds is 7. The van der Waals surface area contributed by atoms with Crippen molar-refractivity contribution in [3.63, 3.8) is 0 Å². The van der Waals surface area contributed by atoms with Gasteiger partial charge in [0.2, 0.25) is 5.88 Å². The number of anilines is 1. The summed E-state index contributed by atoms with van der Waals surface area (Å²) in [5.74, 6) is 1.32. The van der Waals surface area contributed by atoms with Gasteiger partial charge in [0.15, 0.2) is 0 Å². The molecule has 0 bridgehead atoms. The van der Waals surface area contributed by atoms with E-state index in [1.165, 1.54) is 10.7 Å². The molecule has 1 aromatic carbocycles. The van der Waals surface area contributed by atoms with Crippen molar-refractivity contribution >= 4 is 16.7 Å². The fraction of sp³-hybridized carbons (Fsp3) is 0.385. The van der Waals surface area contributed by atoms with Gasteiger partial charge in [-0.15, -0.1) is 5.10 Å². The number of aryl methyl sites for hydroxylation is 1. The lowest BCUT2D eigenvalue weighted by Crippen LogP contribution is -2.27. The highest BCUT2D eigenvalue weighted by molar-refractivity contribution is 5.94. The van der Waals surface area contributed by atoms with Crippen molar-refractivity contribution in [2.75, 3.05) is 11.9 Å². The van der Waals surface area contributed by atoms with Crippen molar-refractivity contribution < 1.29 is 9.84 Å². The smallest absolute Gasteiger partial charge is 0.266 e. The van der Waals surface area contributed by atoms with E-state index >= 15 is 0 Å². The highest BCUT2D eigenvalue weighted by atomic mass is 16.5. The molecule has 1 aliphatic carbocycles. The van der Waals surface area contributed by atoms with Gasteiger partial charge >= 0.3 is 0 Å². The molecule has 0 amide bonds. The van der Waals surface area contributed by atoms with E-state index in [0.717, 1.165) is 65.8 Å². The molecule has 1 fully saturated rings. The standard InChI is InChI=1S/C26H30N6O3/c1-3-27-23-14-22-21(15-28-23)26(18-6-4-17(16-33)5-7-18)30-32(22)19-8-10-20(11-9-19)35-24-12-13-25(34)31(2)29-24/h4-7,12-15,19-20,33H,3,8-11,16H2,1-2H3,(H,27,28). The van der Waals surface area contributed by atoms with E-state index in [1.807, 2.05) is 30.5 Å². The molecule has 9 heteroatoms. The summed E-state index contributed by atoms with van der Waals surface area (Å²) >= 11 is 0. The average molecular weight is 475 g/mol. The van der Waals surface area contributed by atoms with Crippen LogP contribution in [0.4, 0.5) is 5.82 Å². The van der Waals surface area contributed by atoms with E-state index in [0.29, 0.717) is 5.88 Å². The maximum absolute atomic E-state index is 11.6. The third-order valence-corrected chi connectivity index (χ3v) is 6.57. The number of pyridine rings is 1. The molecule has 0 saturated heterocycles. The van der Waals surface area contributed by atoms with Gasteiger partial charge in [0.1, 0.15) is 17.6 Å². The Kier molecular flexibility index (Phi) is 6.50. The first-order valence-electron chi connectivity index (χ1n) is 12.1. The van der Waals surface area contributed by atoms with Gasteiger partial charge in [-0.05, 0) is 38.2 Å². The van der Waals surface area contributed by atoms with E-state index in [-0.39, 0.29) is 24.3 Å². The number of aromatic nitrogens is 5. The maximum atomic E-state index is 11.6. The number of aliphatic hydroxyl groups excluding tert-OH is 1. The van der Waals surface area contributed by atoms with E-state index in [9.17, 15) is 9.90 Å². The van der Waals surface area contributed by atoms with Gasteiger partial charge in [0, 0.05) is 48.9 Å². The third-order valence-electron chi connectivity index (χ3n) is 6.57. The second kappa shape index (κ2) is 9.87. The first-order valence-corrected chi connectivity index (χ1v) is 12.1. The average Bonchev–Trinajstić information content (AvgIpc) is 3.26. The number of aliphatic hydroxyl groups is 1. The second-order valence-electron chi connectivity index (χ2n) is 8.95. The molecule has 3 aromatic heterocycles. The number of benzene rings is 1. The van der Waals surface area contributed by atoms with Gasteiger partial charge in [0.05, 0.1) is 18.2 Å². The number of nitrogens with zero attached hydrogens (tertiary/aromatic N) is 5. The zero-order chi connectivity index (χ0) is 24.4. The molecule has 4 aromatic rings. The minimum absolute atomic E-state index is 0.0171. The predicted molar refractivity (Wildman–Crippen MR) is 134 cm³/mol. The molecule has 0 spiro atoms. The lowest BCUT2D eigenvalue weighted by atomic mass is 9.93. The Hall–Kier alpha value is -3.72. The lowest BCUT2D eigenvalue weighted by Gasteiger charge is -2.29. The largest absolute Gasteiger partial charge is 0.473 e. The highest BCUT2D eigenvalue weighted by Gasteiger charge is 2.27. The fourth-order valence-corrected chi connectivity index (χ4v) is 4.69. The Balaban J connectivity index is 1.41. The van der Waals surface area contributed by atoms with Crippen molar-refractivity contribution in [2.45, 2.75) is 51.4 Å². The minimum Gasteiger partial charge on any atom is -0.473 e. The monoisotopic (exact) mass is 474 g/mol. The van der Waals surface area contributed by atoms with Crippen molar-refractivity contribution in [3.05, 3.63) is 64.6 Å². The Bertz CT molecular complexity index is 1370. The summed E-state index contributed by atoms with van der Waals surface area (Å²) in [6.45, 7) is 2.87. The molecule has 0 atom stereocenters. The molecule has 1 saturated carbocycles. The normalized spacial score (nSPS) is 18.0. The van der Waals surface area contributed by atoms with Crippen molar-refractivity contribution in [3.8, 4) is 17.1 Å². The number of hydrogen-bond acceptors (Lipinski definition) is 7. The SMILES string of the molecule is CCNc1cc2c(cn1)c(-c1ccc(CO)cc1)nn2C1CCC(Oc2ccc(=O)n(C)n2)CC1. The summed E-state index contributed by atoms with van der Waals surface area (Å²) in [4.78, 5) is 16.2. The van der Waals surface area contributed by atoms with Crippen LogP contribution in [0.15, 0.2) is 53.5 Å². The molecule has 0 aliphatic heterocycles. The number of fused-ring (bicyclic) bond motifs is 1. The number of nitrogens with one attached hydrogen (secondary N) is 1. The van der Waals surface area contributed by atoms with E-state index in [2.05, 4.69) is 33.1 Å². The summed E-state index contributed by atoms with van der Waals surface area (Å²) in [5, 5.41) is 23.0. The van der Waals surface area contributed by atoms with Crippen molar-refractivity contribution in [2.24, 2.45) is 7.05 Å². The number of ether oxygens (including phenoxy) is 1. The van der Waals surface area contributed by atoms with E-state index < -0.39 is 0 Å². The summed E-state index contributed by atoms with van der Waals surface area (Å²) in [6, 6.07) is 13.3. The summed E-state index contributed by atoms with van der Waals surface area (Å²) < 4.78 is 9.51. The van der Waals surface area contributed by atoms with E-state index in [1.54, 1.807) is 13.1 Å². The van der Waals surface area contributed by atoms with Crippen LogP contribution < -0.4 is 15.6 Å². The van der Waals surface area contributed by atoms with Crippen LogP contribution >= 0.6 is 0 Å². The van der Waals surface area contributed by atoms with Gasteiger partial charge in [-0.3, -0.25) is 9.48 Å². The second-order valence-corrected chi connectivity index (χ2v) is 8.95. The highest BCUT2D eigenvalue weighted by Crippen LogP contribution is 2.36. The first-order chi connectivity index (χ1) is 17.1. The molecule has 3 heterocycles. The molecule has 1 aliphatic rings. The van der Waals surface area contributed by atoms with Gasteiger partial charge in [-0.2, -0.15) is 5.10 Å². The predicted octanol–water partition coefficient (Wildman–Crippen LogP) is 3.68. The van der Waals surface area contributed by atoms with Crippen molar-refractivity contribution in [1.29, 1.82) is 0 Å². The zero-order valence-corrected chi connectivity index (χ0v) is 20.0. The van der Waals surface area contributed by atoms with Crippen molar-refractivity contribution in [1.82, 2.24) is 24.5 Å². The van der Waals surface area contributed by atoms with Crippen LogP contribution in [0, 0.1) is 0 Å². The topological polar surface area (TPSA) is 107 Å². The Morgan fingerprint density at radius 1 is 1.09 bits per heavy atom. The van der Waals surface area contributed by atoms with Gasteiger partial charge in [0.25, 0.3) is 5.56 Å². The summed E-state index contributed by atoms with van der Waals surface area (Å²) in [5.41, 5.74) is 3.67. The summed E-state index contributed by atoms with van der Waals surface area (Å²) in [6.07, 6.45) is 5.56. The Morgan fingerprint density at radius 2 is 1.86 bits per heavy atom.